The molecule has 0 bridgehead atoms. The van der Waals surface area contributed by atoms with E-state index >= 15 is 0 Å². The molecule has 3 amide bonds. The van der Waals surface area contributed by atoms with Gasteiger partial charge in [0.25, 0.3) is 11.8 Å². The fraction of sp³-hybridized carbons (Fsp3) is 0.435. The highest BCUT2D eigenvalue weighted by atomic mass is 16.2. The number of benzene rings is 2. The monoisotopic (exact) mass is 393 g/mol. The minimum atomic E-state index is -0.273. The second kappa shape index (κ2) is 8.74. The van der Waals surface area contributed by atoms with E-state index in [1.54, 1.807) is 12.1 Å². The van der Waals surface area contributed by atoms with Gasteiger partial charge in [-0.2, -0.15) is 0 Å². The van der Waals surface area contributed by atoms with Crippen molar-refractivity contribution in [2.24, 2.45) is 0 Å². The van der Waals surface area contributed by atoms with Crippen molar-refractivity contribution in [2.75, 3.05) is 32.7 Å². The Morgan fingerprint density at radius 3 is 2.21 bits per heavy atom. The molecule has 0 unspecified atom stereocenters. The summed E-state index contributed by atoms with van der Waals surface area (Å²) in [4.78, 5) is 41.5. The van der Waals surface area contributed by atoms with Crippen molar-refractivity contribution in [2.45, 2.75) is 32.1 Å². The van der Waals surface area contributed by atoms with Crippen LogP contribution in [-0.4, -0.2) is 60.2 Å². The van der Waals surface area contributed by atoms with Crippen LogP contribution in [0.2, 0.25) is 0 Å². The zero-order valence-corrected chi connectivity index (χ0v) is 16.7. The number of rotatable bonds is 7. The van der Waals surface area contributed by atoms with Gasteiger partial charge in [-0.05, 0) is 49.9 Å². The van der Waals surface area contributed by atoms with E-state index < -0.39 is 0 Å². The topological polar surface area (TPSA) is 69.7 Å². The Morgan fingerprint density at radius 1 is 0.897 bits per heavy atom. The van der Waals surface area contributed by atoms with E-state index in [1.807, 2.05) is 24.3 Å². The van der Waals surface area contributed by atoms with Crippen LogP contribution in [0.15, 0.2) is 36.4 Å². The molecule has 0 spiro atoms. The Balaban J connectivity index is 1.29. The largest absolute Gasteiger partial charge is 0.355 e. The van der Waals surface area contributed by atoms with Gasteiger partial charge in [-0.3, -0.25) is 19.3 Å². The molecule has 4 rings (SSSR count). The number of nitrogens with zero attached hydrogens (tertiary/aromatic N) is 2. The van der Waals surface area contributed by atoms with E-state index in [4.69, 9.17) is 0 Å². The fourth-order valence-electron chi connectivity index (χ4n) is 4.31. The van der Waals surface area contributed by atoms with E-state index in [9.17, 15) is 14.4 Å². The number of hydrogen-bond acceptors (Lipinski definition) is 4. The van der Waals surface area contributed by atoms with Gasteiger partial charge >= 0.3 is 0 Å². The van der Waals surface area contributed by atoms with Crippen LogP contribution in [0.25, 0.3) is 10.8 Å². The Kier molecular flexibility index (Phi) is 5.90. The summed E-state index contributed by atoms with van der Waals surface area (Å²) < 4.78 is 0. The maximum Gasteiger partial charge on any atom is 0.261 e. The molecule has 0 aromatic heterocycles. The first-order valence-corrected chi connectivity index (χ1v) is 10.5. The fourth-order valence-corrected chi connectivity index (χ4v) is 4.31. The minimum Gasteiger partial charge on any atom is -0.355 e. The van der Waals surface area contributed by atoms with Gasteiger partial charge in [-0.1, -0.05) is 30.7 Å². The smallest absolute Gasteiger partial charge is 0.261 e. The Bertz CT molecular complexity index is 883. The molecule has 2 aromatic rings. The first-order valence-electron chi connectivity index (χ1n) is 10.5. The Labute approximate surface area is 170 Å². The van der Waals surface area contributed by atoms with Crippen LogP contribution in [-0.2, 0) is 4.79 Å². The predicted octanol–water partition coefficient (Wildman–Crippen LogP) is 2.82. The normalized spacial score (nSPS) is 17.0. The first-order chi connectivity index (χ1) is 14.1. The molecule has 29 heavy (non-hydrogen) atoms. The third kappa shape index (κ3) is 4.17. The minimum absolute atomic E-state index is 0.0265. The third-order valence-electron chi connectivity index (χ3n) is 5.84. The molecule has 2 aliphatic rings. The second-order valence-electron chi connectivity index (χ2n) is 7.83. The molecule has 0 aliphatic carbocycles. The van der Waals surface area contributed by atoms with Gasteiger partial charge in [-0.25, -0.2) is 0 Å². The lowest BCUT2D eigenvalue weighted by Crippen LogP contribution is -2.41. The van der Waals surface area contributed by atoms with Gasteiger partial charge in [-0.15, -0.1) is 0 Å². The number of hydrogen-bond donors (Lipinski definition) is 1. The first kappa shape index (κ1) is 19.6. The van der Waals surface area contributed by atoms with Crippen molar-refractivity contribution in [3.05, 3.63) is 47.5 Å². The summed E-state index contributed by atoms with van der Waals surface area (Å²) in [6.07, 6.45) is 4.55. The second-order valence-corrected chi connectivity index (χ2v) is 7.83. The van der Waals surface area contributed by atoms with Crippen molar-refractivity contribution >= 4 is 28.5 Å². The molecule has 0 saturated carbocycles. The summed E-state index contributed by atoms with van der Waals surface area (Å²) >= 11 is 0. The molecule has 2 aliphatic heterocycles. The van der Waals surface area contributed by atoms with Gasteiger partial charge in [0, 0.05) is 42.6 Å². The van der Waals surface area contributed by atoms with Gasteiger partial charge < -0.3 is 10.2 Å². The number of carbonyl (C=O) groups excluding carboxylic acids is 3. The van der Waals surface area contributed by atoms with Crippen molar-refractivity contribution < 1.29 is 14.4 Å². The number of carbonyl (C=O) groups is 3. The molecule has 1 N–H and O–H groups in total. The highest BCUT2D eigenvalue weighted by Crippen LogP contribution is 2.30. The molecular weight excluding hydrogens is 366 g/mol. The molecule has 0 atom stereocenters. The maximum absolute atomic E-state index is 12.8. The lowest BCUT2D eigenvalue weighted by atomic mass is 9.94. The highest BCUT2D eigenvalue weighted by molar-refractivity contribution is 6.25. The lowest BCUT2D eigenvalue weighted by molar-refractivity contribution is -0.121. The quantitative estimate of drug-likeness (QED) is 0.735. The van der Waals surface area contributed by atoms with Crippen LogP contribution >= 0.6 is 0 Å². The van der Waals surface area contributed by atoms with Crippen molar-refractivity contribution in [1.82, 2.24) is 15.1 Å². The Hall–Kier alpha value is -2.73. The molecule has 1 fully saturated rings. The molecule has 2 aromatic carbocycles. The molecule has 6 heteroatoms. The molecule has 1 saturated heterocycles. The molecule has 6 nitrogen and oxygen atoms in total. The van der Waals surface area contributed by atoms with Crippen molar-refractivity contribution in [3.8, 4) is 0 Å². The highest BCUT2D eigenvalue weighted by Gasteiger charge is 2.32. The van der Waals surface area contributed by atoms with E-state index in [1.165, 1.54) is 24.2 Å². The van der Waals surface area contributed by atoms with Crippen LogP contribution in [0.3, 0.4) is 0 Å². The summed E-state index contributed by atoms with van der Waals surface area (Å²) in [5.74, 6) is -0.573. The van der Waals surface area contributed by atoms with Crippen LogP contribution in [0, 0.1) is 0 Å². The van der Waals surface area contributed by atoms with Crippen molar-refractivity contribution in [3.63, 3.8) is 0 Å². The standard InChI is InChI=1S/C23H27N3O3/c27-20(24-12-16-25-13-2-1-3-14-25)11-6-15-26-22(28)18-9-4-7-17-8-5-10-19(21(17)18)23(26)29/h4-5,7-10H,1-3,6,11-16H2,(H,24,27). The maximum atomic E-state index is 12.8. The van der Waals surface area contributed by atoms with Crippen LogP contribution in [0.4, 0.5) is 0 Å². The third-order valence-corrected chi connectivity index (χ3v) is 5.84. The van der Waals surface area contributed by atoms with Crippen molar-refractivity contribution in [1.29, 1.82) is 0 Å². The SMILES string of the molecule is O=C(CCCN1C(=O)c2cccc3cccc(c23)C1=O)NCCN1CCCCC1. The molecule has 2 heterocycles. The number of likely N-dealkylation sites (tertiary alicyclic amines) is 1. The average Bonchev–Trinajstić information content (AvgIpc) is 2.75. The number of amides is 3. The van der Waals surface area contributed by atoms with E-state index in [0.29, 0.717) is 30.5 Å². The van der Waals surface area contributed by atoms with Gasteiger partial charge in [0.05, 0.1) is 0 Å². The predicted molar refractivity (Wildman–Crippen MR) is 112 cm³/mol. The number of nitrogens with one attached hydrogen (secondary N) is 1. The summed E-state index contributed by atoms with van der Waals surface area (Å²) in [5.41, 5.74) is 1.12. The summed E-state index contributed by atoms with van der Waals surface area (Å²) in [6.45, 7) is 4.01. The zero-order valence-electron chi connectivity index (χ0n) is 16.7. The van der Waals surface area contributed by atoms with Gasteiger partial charge in [0.15, 0.2) is 0 Å². The average molecular weight is 393 g/mol. The van der Waals surface area contributed by atoms with Gasteiger partial charge in [0.1, 0.15) is 0 Å². The molecular formula is C23H27N3O3. The summed E-state index contributed by atoms with van der Waals surface area (Å²) in [6, 6.07) is 11.0. The van der Waals surface area contributed by atoms with Gasteiger partial charge in [0.2, 0.25) is 5.91 Å². The molecule has 152 valence electrons. The number of imide groups is 1. The Morgan fingerprint density at radius 2 is 1.55 bits per heavy atom. The lowest BCUT2D eigenvalue weighted by Gasteiger charge is -2.27. The van der Waals surface area contributed by atoms with Crippen LogP contribution in [0.5, 0.6) is 0 Å². The van der Waals surface area contributed by atoms with E-state index in [2.05, 4.69) is 10.2 Å². The van der Waals surface area contributed by atoms with E-state index in [0.717, 1.165) is 30.4 Å². The summed E-state index contributed by atoms with van der Waals surface area (Å²) in [5, 5.41) is 4.58. The summed E-state index contributed by atoms with van der Waals surface area (Å²) in [7, 11) is 0. The van der Waals surface area contributed by atoms with E-state index in [-0.39, 0.29) is 24.3 Å². The van der Waals surface area contributed by atoms with Crippen LogP contribution in [0.1, 0.15) is 52.8 Å². The zero-order chi connectivity index (χ0) is 20.2. The van der Waals surface area contributed by atoms with Crippen LogP contribution < -0.4 is 5.32 Å². The molecule has 0 radical (unpaired) electrons. The number of piperidine rings is 1.